The molecule has 1 rings (SSSR count). The van der Waals surface area contributed by atoms with Gasteiger partial charge in [-0.3, -0.25) is 10.1 Å². The van der Waals surface area contributed by atoms with Gasteiger partial charge in [0.05, 0.1) is 30.3 Å². The van der Waals surface area contributed by atoms with Crippen molar-refractivity contribution >= 4 is 11.7 Å². The maximum absolute atomic E-state index is 11.6. The number of hydrogen-bond donors (Lipinski definition) is 0. The SMILES string of the molecule is CCOC(=O)c1cc(C#N)cc([N+](=O)[O-])c1OC. The predicted octanol–water partition coefficient (Wildman–Crippen LogP) is 1.65. The van der Waals surface area contributed by atoms with Gasteiger partial charge in [0, 0.05) is 6.07 Å². The number of hydrogen-bond acceptors (Lipinski definition) is 6. The average Bonchev–Trinajstić information content (AvgIpc) is 2.37. The van der Waals surface area contributed by atoms with Crippen LogP contribution in [-0.4, -0.2) is 24.6 Å². The van der Waals surface area contributed by atoms with Crippen molar-refractivity contribution in [2.45, 2.75) is 6.92 Å². The van der Waals surface area contributed by atoms with Crippen LogP contribution < -0.4 is 4.74 Å². The van der Waals surface area contributed by atoms with Crippen LogP contribution in [0, 0.1) is 21.4 Å². The van der Waals surface area contributed by atoms with Gasteiger partial charge in [-0.2, -0.15) is 5.26 Å². The quantitative estimate of drug-likeness (QED) is 0.457. The number of nitro groups is 1. The van der Waals surface area contributed by atoms with E-state index in [2.05, 4.69) is 0 Å². The molecule has 18 heavy (non-hydrogen) atoms. The molecule has 7 heteroatoms. The highest BCUT2D eigenvalue weighted by Gasteiger charge is 2.25. The molecule has 0 radical (unpaired) electrons. The summed E-state index contributed by atoms with van der Waals surface area (Å²) < 4.78 is 9.61. The number of ether oxygens (including phenoxy) is 2. The number of carbonyl (C=O) groups is 1. The monoisotopic (exact) mass is 250 g/mol. The molecule has 0 aliphatic carbocycles. The molecule has 0 saturated heterocycles. The van der Waals surface area contributed by atoms with Crippen molar-refractivity contribution in [3.8, 4) is 11.8 Å². The number of rotatable bonds is 4. The Bertz CT molecular complexity index is 533. The van der Waals surface area contributed by atoms with Crippen molar-refractivity contribution in [3.63, 3.8) is 0 Å². The maximum Gasteiger partial charge on any atom is 0.342 e. The molecule has 0 unspecified atom stereocenters. The highest BCUT2D eigenvalue weighted by atomic mass is 16.6. The van der Waals surface area contributed by atoms with E-state index in [-0.39, 0.29) is 23.5 Å². The highest BCUT2D eigenvalue weighted by molar-refractivity contribution is 5.94. The lowest BCUT2D eigenvalue weighted by Gasteiger charge is -2.08. The van der Waals surface area contributed by atoms with Crippen molar-refractivity contribution in [2.24, 2.45) is 0 Å². The Morgan fingerprint density at radius 2 is 2.22 bits per heavy atom. The van der Waals surface area contributed by atoms with Crippen LogP contribution in [0.25, 0.3) is 0 Å². The summed E-state index contributed by atoms with van der Waals surface area (Å²) in [6.07, 6.45) is 0. The van der Waals surface area contributed by atoms with Crippen LogP contribution in [0.1, 0.15) is 22.8 Å². The second kappa shape index (κ2) is 5.63. The summed E-state index contributed by atoms with van der Waals surface area (Å²) in [6, 6.07) is 3.98. The smallest absolute Gasteiger partial charge is 0.342 e. The molecule has 0 N–H and O–H groups in total. The lowest BCUT2D eigenvalue weighted by Crippen LogP contribution is -2.09. The summed E-state index contributed by atoms with van der Waals surface area (Å²) in [5, 5.41) is 19.6. The zero-order valence-electron chi connectivity index (χ0n) is 9.80. The van der Waals surface area contributed by atoms with Crippen LogP contribution in [-0.2, 0) is 4.74 Å². The third kappa shape index (κ3) is 2.55. The van der Waals surface area contributed by atoms with Crippen molar-refractivity contribution in [1.29, 1.82) is 5.26 Å². The standard InChI is InChI=1S/C11H10N2O5/c1-3-18-11(14)8-4-7(6-12)5-9(13(15)16)10(8)17-2/h4-5H,3H2,1-2H3. The average molecular weight is 250 g/mol. The molecule has 0 saturated carbocycles. The fourth-order valence-corrected chi connectivity index (χ4v) is 1.39. The number of methoxy groups -OCH3 is 1. The van der Waals surface area contributed by atoms with Gasteiger partial charge in [-0.25, -0.2) is 4.79 Å². The van der Waals surface area contributed by atoms with E-state index in [4.69, 9.17) is 14.7 Å². The van der Waals surface area contributed by atoms with Crippen LogP contribution >= 0.6 is 0 Å². The zero-order chi connectivity index (χ0) is 13.7. The fourth-order valence-electron chi connectivity index (χ4n) is 1.39. The van der Waals surface area contributed by atoms with E-state index in [1.54, 1.807) is 13.0 Å². The van der Waals surface area contributed by atoms with Crippen molar-refractivity contribution in [2.75, 3.05) is 13.7 Å². The molecule has 0 bridgehead atoms. The summed E-state index contributed by atoms with van der Waals surface area (Å²) in [5.41, 5.74) is -0.588. The van der Waals surface area contributed by atoms with E-state index >= 15 is 0 Å². The third-order valence-electron chi connectivity index (χ3n) is 2.09. The van der Waals surface area contributed by atoms with E-state index < -0.39 is 16.6 Å². The molecule has 0 heterocycles. The lowest BCUT2D eigenvalue weighted by molar-refractivity contribution is -0.385. The fraction of sp³-hybridized carbons (Fsp3) is 0.273. The summed E-state index contributed by atoms with van der Waals surface area (Å²) >= 11 is 0. The molecule has 0 fully saturated rings. The van der Waals surface area contributed by atoms with Crippen molar-refractivity contribution in [1.82, 2.24) is 0 Å². The molecular formula is C11H10N2O5. The maximum atomic E-state index is 11.6. The number of benzene rings is 1. The predicted molar refractivity (Wildman–Crippen MR) is 60.3 cm³/mol. The Morgan fingerprint density at radius 3 is 2.67 bits per heavy atom. The number of esters is 1. The third-order valence-corrected chi connectivity index (χ3v) is 2.09. The van der Waals surface area contributed by atoms with Crippen LogP contribution in [0.3, 0.4) is 0 Å². The Kier molecular flexibility index (Phi) is 4.21. The number of nitro benzene ring substituents is 1. The normalized spacial score (nSPS) is 9.39. The van der Waals surface area contributed by atoms with E-state index in [9.17, 15) is 14.9 Å². The Morgan fingerprint density at radius 1 is 1.56 bits per heavy atom. The second-order valence-electron chi connectivity index (χ2n) is 3.17. The van der Waals surface area contributed by atoms with Crippen LogP contribution in [0.4, 0.5) is 5.69 Å². The molecule has 1 aromatic rings. The molecule has 0 aliphatic heterocycles. The molecular weight excluding hydrogens is 240 g/mol. The first-order valence-corrected chi connectivity index (χ1v) is 4.98. The Hall–Kier alpha value is -2.62. The molecule has 7 nitrogen and oxygen atoms in total. The Labute approximate surface area is 103 Å². The van der Waals surface area contributed by atoms with E-state index in [1.165, 1.54) is 13.2 Å². The molecule has 0 aromatic heterocycles. The minimum Gasteiger partial charge on any atom is -0.490 e. The van der Waals surface area contributed by atoms with Crippen molar-refractivity contribution < 1.29 is 19.2 Å². The van der Waals surface area contributed by atoms with Gasteiger partial charge in [0.15, 0.2) is 0 Å². The van der Waals surface area contributed by atoms with Gasteiger partial charge < -0.3 is 9.47 Å². The summed E-state index contributed by atoms with van der Waals surface area (Å²) in [6.45, 7) is 1.72. The van der Waals surface area contributed by atoms with Gasteiger partial charge in [-0.1, -0.05) is 0 Å². The van der Waals surface area contributed by atoms with Crippen LogP contribution in [0.2, 0.25) is 0 Å². The largest absolute Gasteiger partial charge is 0.490 e. The minimum atomic E-state index is -0.769. The molecule has 94 valence electrons. The van der Waals surface area contributed by atoms with Crippen molar-refractivity contribution in [3.05, 3.63) is 33.4 Å². The Balaban J connectivity index is 3.48. The molecule has 0 amide bonds. The van der Waals surface area contributed by atoms with Gasteiger partial charge >= 0.3 is 11.7 Å². The second-order valence-corrected chi connectivity index (χ2v) is 3.17. The van der Waals surface area contributed by atoms with Crippen LogP contribution in [0.5, 0.6) is 5.75 Å². The van der Waals surface area contributed by atoms with Crippen LogP contribution in [0.15, 0.2) is 12.1 Å². The summed E-state index contributed by atoms with van der Waals surface area (Å²) in [4.78, 5) is 21.8. The van der Waals surface area contributed by atoms with Gasteiger partial charge in [-0.05, 0) is 13.0 Å². The van der Waals surface area contributed by atoms with E-state index in [1.807, 2.05) is 0 Å². The minimum absolute atomic E-state index is 0.00875. The summed E-state index contributed by atoms with van der Waals surface area (Å²) in [7, 11) is 1.21. The van der Waals surface area contributed by atoms with Gasteiger partial charge in [-0.15, -0.1) is 0 Å². The van der Waals surface area contributed by atoms with Gasteiger partial charge in [0.2, 0.25) is 5.75 Å². The summed E-state index contributed by atoms with van der Waals surface area (Å²) in [5.74, 6) is -0.980. The molecule has 0 atom stereocenters. The first kappa shape index (κ1) is 13.4. The first-order chi connectivity index (χ1) is 8.54. The molecule has 0 aliphatic rings. The first-order valence-electron chi connectivity index (χ1n) is 4.98. The van der Waals surface area contributed by atoms with E-state index in [0.29, 0.717) is 0 Å². The molecule has 0 spiro atoms. The topological polar surface area (TPSA) is 102 Å². The number of nitriles is 1. The molecule has 1 aromatic carbocycles. The highest BCUT2D eigenvalue weighted by Crippen LogP contribution is 2.32. The number of carbonyl (C=O) groups excluding carboxylic acids is 1. The van der Waals surface area contributed by atoms with E-state index in [0.717, 1.165) is 6.07 Å². The number of nitrogens with zero attached hydrogens (tertiary/aromatic N) is 2. The lowest BCUT2D eigenvalue weighted by atomic mass is 10.1. The zero-order valence-corrected chi connectivity index (χ0v) is 9.80. The van der Waals surface area contributed by atoms with Gasteiger partial charge in [0.25, 0.3) is 0 Å². The van der Waals surface area contributed by atoms with Gasteiger partial charge in [0.1, 0.15) is 5.56 Å².